The Balaban J connectivity index is 1.29. The molecule has 3 heterocycles. The molecular formula is C43H30N2S. The molecule has 8 aromatic rings. The number of aliphatic imine (C=N–C) groups is 1. The highest BCUT2D eigenvalue weighted by molar-refractivity contribution is 7.26. The van der Waals surface area contributed by atoms with Gasteiger partial charge < -0.3 is 0 Å². The lowest BCUT2D eigenvalue weighted by atomic mass is 9.82. The summed E-state index contributed by atoms with van der Waals surface area (Å²) in [6.07, 6.45) is 8.16. The average molecular weight is 607 g/mol. The fraction of sp³-hybridized carbons (Fsp3) is 0.0930. The normalized spacial score (nSPS) is 16.2. The second-order valence-corrected chi connectivity index (χ2v) is 14.4. The third-order valence-corrected chi connectivity index (χ3v) is 11.7. The van der Waals surface area contributed by atoms with E-state index in [9.17, 15) is 0 Å². The van der Waals surface area contributed by atoms with Crippen molar-refractivity contribution in [3.05, 3.63) is 144 Å². The van der Waals surface area contributed by atoms with Gasteiger partial charge in [0.1, 0.15) is 5.82 Å². The minimum absolute atomic E-state index is 0.00125. The van der Waals surface area contributed by atoms with Crippen molar-refractivity contribution in [2.45, 2.75) is 26.2 Å². The maximum absolute atomic E-state index is 5.28. The molecule has 0 amide bonds. The van der Waals surface area contributed by atoms with E-state index in [1.165, 1.54) is 86.3 Å². The molecule has 3 heteroatoms. The molecule has 2 nitrogen and oxygen atoms in total. The van der Waals surface area contributed by atoms with Crippen LogP contribution >= 0.6 is 11.3 Å². The number of hydrogen-bond acceptors (Lipinski definition) is 2. The number of nitrogens with zero attached hydrogens (tertiary/aromatic N) is 2. The van der Waals surface area contributed by atoms with Crippen molar-refractivity contribution in [2.24, 2.45) is 4.99 Å². The Bertz CT molecular complexity index is 2740. The lowest BCUT2D eigenvalue weighted by Crippen LogP contribution is -2.14. The predicted molar refractivity (Wildman–Crippen MR) is 199 cm³/mol. The van der Waals surface area contributed by atoms with E-state index in [0.29, 0.717) is 0 Å². The van der Waals surface area contributed by atoms with Crippen LogP contribution in [0.15, 0.2) is 132 Å². The largest absolute Gasteiger partial charge is 0.293 e. The van der Waals surface area contributed by atoms with Gasteiger partial charge in [0.2, 0.25) is 0 Å². The topological polar surface area (TPSA) is 16.8 Å². The molecule has 2 aliphatic carbocycles. The molecule has 0 saturated heterocycles. The summed E-state index contributed by atoms with van der Waals surface area (Å²) in [5.74, 6) is 0.983. The summed E-state index contributed by atoms with van der Waals surface area (Å²) in [6, 6.07) is 34.2. The van der Waals surface area contributed by atoms with Gasteiger partial charge in [0.25, 0.3) is 0 Å². The Morgan fingerprint density at radius 3 is 2.37 bits per heavy atom. The molecule has 0 saturated carbocycles. The summed E-state index contributed by atoms with van der Waals surface area (Å²) < 4.78 is 5.07. The van der Waals surface area contributed by atoms with Gasteiger partial charge in [-0.1, -0.05) is 99.3 Å². The fourth-order valence-corrected chi connectivity index (χ4v) is 9.37. The number of aryl methyl sites for hydroxylation is 1. The highest BCUT2D eigenvalue weighted by atomic mass is 32.1. The summed E-state index contributed by atoms with van der Waals surface area (Å²) in [4.78, 5) is 5.28. The minimum Gasteiger partial charge on any atom is -0.293 e. The Kier molecular flexibility index (Phi) is 5.05. The first kappa shape index (κ1) is 26.0. The quantitative estimate of drug-likeness (QED) is 0.186. The first-order chi connectivity index (χ1) is 22.4. The molecule has 0 spiro atoms. The number of aromatic nitrogens is 1. The number of allylic oxidation sites excluding steroid dienone is 5. The van der Waals surface area contributed by atoms with Crippen molar-refractivity contribution < 1.29 is 0 Å². The van der Waals surface area contributed by atoms with Gasteiger partial charge in [-0.05, 0) is 82.3 Å². The van der Waals surface area contributed by atoms with E-state index in [2.05, 4.69) is 129 Å². The molecule has 2 aliphatic rings. The van der Waals surface area contributed by atoms with Crippen LogP contribution in [0.2, 0.25) is 0 Å². The van der Waals surface area contributed by atoms with E-state index in [1.807, 2.05) is 29.6 Å². The van der Waals surface area contributed by atoms with Gasteiger partial charge in [0.05, 0.1) is 16.7 Å². The molecule has 0 atom stereocenters. The summed E-state index contributed by atoms with van der Waals surface area (Å²) >= 11 is 1.90. The monoisotopic (exact) mass is 606 g/mol. The van der Waals surface area contributed by atoms with Crippen LogP contribution in [0.5, 0.6) is 0 Å². The van der Waals surface area contributed by atoms with Crippen LogP contribution < -0.4 is 0 Å². The molecule has 46 heavy (non-hydrogen) atoms. The van der Waals surface area contributed by atoms with E-state index in [-0.39, 0.29) is 5.41 Å². The van der Waals surface area contributed by atoms with Crippen molar-refractivity contribution in [3.63, 3.8) is 0 Å². The molecule has 0 fully saturated rings. The van der Waals surface area contributed by atoms with E-state index in [1.54, 1.807) is 0 Å². The Labute approximate surface area is 271 Å². The lowest BCUT2D eigenvalue weighted by molar-refractivity contribution is 0.660. The molecule has 0 N–H and O–H groups in total. The Morgan fingerprint density at radius 2 is 1.48 bits per heavy atom. The van der Waals surface area contributed by atoms with Crippen LogP contribution in [0.3, 0.4) is 0 Å². The molecule has 0 radical (unpaired) electrons. The standard InChI is InChI=1S/C43H30N2S/c1-24-11-5-9-15-36(24)44-42-25(2)30-23-32-29-13-7-10-16-38(29)46-41(32)39-33-22-27(18-20-37(33)45(42)40(30)39)26-17-19-35-31(21-26)28-12-6-8-14-34(28)43(35,3)4/h5-23H,1H2,2-4H3. The van der Waals surface area contributed by atoms with Crippen LogP contribution in [-0.2, 0) is 5.41 Å². The lowest BCUT2D eigenvalue weighted by Gasteiger charge is -2.21. The van der Waals surface area contributed by atoms with E-state index in [0.717, 1.165) is 17.1 Å². The first-order valence-electron chi connectivity index (χ1n) is 15.9. The zero-order valence-electron chi connectivity index (χ0n) is 26.0. The van der Waals surface area contributed by atoms with Gasteiger partial charge in [-0.2, -0.15) is 0 Å². The predicted octanol–water partition coefficient (Wildman–Crippen LogP) is 12.1. The van der Waals surface area contributed by atoms with Crippen molar-refractivity contribution in [2.75, 3.05) is 0 Å². The van der Waals surface area contributed by atoms with Gasteiger partial charge in [-0.25, -0.2) is 4.99 Å². The second kappa shape index (κ2) is 8.93. The molecule has 218 valence electrons. The van der Waals surface area contributed by atoms with Crippen molar-refractivity contribution in [1.82, 2.24) is 4.40 Å². The Hall–Kier alpha value is -5.25. The molecule has 10 rings (SSSR count). The van der Waals surface area contributed by atoms with Crippen LogP contribution in [0.25, 0.3) is 69.6 Å². The summed E-state index contributed by atoms with van der Waals surface area (Å²) in [7, 11) is 0. The van der Waals surface area contributed by atoms with Gasteiger partial charge in [0, 0.05) is 47.3 Å². The van der Waals surface area contributed by atoms with Gasteiger partial charge in [-0.15, -0.1) is 11.3 Å². The zero-order chi connectivity index (χ0) is 30.9. The second-order valence-electron chi connectivity index (χ2n) is 13.3. The third-order valence-electron chi connectivity index (χ3n) is 10.5. The van der Waals surface area contributed by atoms with E-state index >= 15 is 0 Å². The van der Waals surface area contributed by atoms with Crippen LogP contribution in [0.1, 0.15) is 30.5 Å². The molecule has 3 aromatic heterocycles. The van der Waals surface area contributed by atoms with Crippen LogP contribution in [0, 0.1) is 6.92 Å². The molecule has 0 unspecified atom stereocenters. The number of fused-ring (bicyclic) bond motifs is 10. The zero-order valence-corrected chi connectivity index (χ0v) is 26.8. The summed E-state index contributed by atoms with van der Waals surface area (Å²) in [5, 5.41) is 6.50. The Morgan fingerprint density at radius 1 is 0.717 bits per heavy atom. The average Bonchev–Trinajstić information content (AvgIpc) is 3.76. The number of benzene rings is 5. The maximum Gasteiger partial charge on any atom is 0.141 e. The van der Waals surface area contributed by atoms with Gasteiger partial charge in [-0.3, -0.25) is 4.40 Å². The molecule has 0 aliphatic heterocycles. The highest BCUT2D eigenvalue weighted by Crippen LogP contribution is 2.51. The molecule has 5 aromatic carbocycles. The highest BCUT2D eigenvalue weighted by Gasteiger charge is 2.35. The minimum atomic E-state index is -0.00125. The van der Waals surface area contributed by atoms with E-state index < -0.39 is 0 Å². The third kappa shape index (κ3) is 3.28. The van der Waals surface area contributed by atoms with Crippen LogP contribution in [0.4, 0.5) is 5.82 Å². The van der Waals surface area contributed by atoms with Gasteiger partial charge >= 0.3 is 0 Å². The number of rotatable bonds is 2. The summed E-state index contributed by atoms with van der Waals surface area (Å²) in [6.45, 7) is 11.2. The number of thiophene rings is 1. The maximum atomic E-state index is 5.28. The summed E-state index contributed by atoms with van der Waals surface area (Å²) in [5.41, 5.74) is 13.5. The van der Waals surface area contributed by atoms with Crippen molar-refractivity contribution >= 4 is 70.2 Å². The van der Waals surface area contributed by atoms with Crippen molar-refractivity contribution in [1.29, 1.82) is 0 Å². The van der Waals surface area contributed by atoms with Crippen molar-refractivity contribution in [3.8, 4) is 22.3 Å². The van der Waals surface area contributed by atoms with Crippen LogP contribution in [-0.4, -0.2) is 10.1 Å². The smallest absolute Gasteiger partial charge is 0.141 e. The number of hydrogen-bond donors (Lipinski definition) is 0. The van der Waals surface area contributed by atoms with Gasteiger partial charge in [0.15, 0.2) is 0 Å². The fourth-order valence-electron chi connectivity index (χ4n) is 8.12. The van der Waals surface area contributed by atoms with E-state index in [4.69, 9.17) is 4.99 Å². The first-order valence-corrected chi connectivity index (χ1v) is 16.7. The molecular weight excluding hydrogens is 577 g/mol. The molecule has 0 bridgehead atoms. The SMILES string of the molecule is C=C1C=CC=CC1=Nc1c(C)c2cc3c4ccccc4sc3c3c4cc(-c5ccc6c(c5)-c5ccccc5C6(C)C)ccc4n1c23.